The number of nitrogens with one attached hydrogen (secondary N) is 1. The lowest BCUT2D eigenvalue weighted by Gasteiger charge is -2.09. The van der Waals surface area contributed by atoms with Gasteiger partial charge in [0.05, 0.1) is 11.6 Å². The number of anilines is 1. The molecule has 6 heteroatoms. The quantitative estimate of drug-likeness (QED) is 0.897. The van der Waals surface area contributed by atoms with Gasteiger partial charge in [0.15, 0.2) is 17.4 Å². The summed E-state index contributed by atoms with van der Waals surface area (Å²) >= 11 is 3.39. The first-order valence-electron chi connectivity index (χ1n) is 6.26. The minimum absolute atomic E-state index is 0.204. The molecule has 0 unspecified atom stereocenters. The minimum atomic E-state index is -0.431. The van der Waals surface area contributed by atoms with Crippen LogP contribution in [0.25, 0.3) is 11.4 Å². The van der Waals surface area contributed by atoms with Gasteiger partial charge in [0.1, 0.15) is 5.82 Å². The molecule has 0 atom stereocenters. The molecule has 0 amide bonds. The summed E-state index contributed by atoms with van der Waals surface area (Å²) in [4.78, 5) is 8.61. The predicted octanol–water partition coefficient (Wildman–Crippen LogP) is 3.88. The molecule has 0 spiro atoms. The maximum absolute atomic E-state index is 13.7. The van der Waals surface area contributed by atoms with E-state index in [2.05, 4.69) is 38.1 Å². The Morgan fingerprint density at radius 1 is 1.40 bits per heavy atom. The lowest BCUT2D eigenvalue weighted by Crippen LogP contribution is -2.04. The van der Waals surface area contributed by atoms with E-state index in [9.17, 15) is 4.39 Å². The second kappa shape index (κ2) is 6.65. The van der Waals surface area contributed by atoms with Crippen LogP contribution in [-0.4, -0.2) is 23.6 Å². The van der Waals surface area contributed by atoms with Crippen molar-refractivity contribution in [1.82, 2.24) is 9.97 Å². The van der Waals surface area contributed by atoms with Crippen LogP contribution in [0, 0.1) is 5.82 Å². The summed E-state index contributed by atoms with van der Waals surface area (Å²) in [6, 6.07) is 4.66. The maximum Gasteiger partial charge on any atom is 0.165 e. The Hall–Kier alpha value is -1.69. The summed E-state index contributed by atoms with van der Waals surface area (Å²) in [6.07, 6.45) is 2.64. The zero-order valence-corrected chi connectivity index (χ0v) is 12.9. The summed E-state index contributed by atoms with van der Waals surface area (Å²) in [5.74, 6) is 0.941. The zero-order valence-electron chi connectivity index (χ0n) is 11.3. The molecule has 0 radical (unpaired) electrons. The van der Waals surface area contributed by atoms with Crippen LogP contribution < -0.4 is 10.1 Å². The number of halogens is 2. The highest BCUT2D eigenvalue weighted by Gasteiger charge is 2.10. The molecule has 0 aliphatic heterocycles. The van der Waals surface area contributed by atoms with E-state index in [0.717, 1.165) is 17.4 Å². The fourth-order valence-corrected chi connectivity index (χ4v) is 2.01. The predicted molar refractivity (Wildman–Crippen MR) is 80.5 cm³/mol. The van der Waals surface area contributed by atoms with Crippen molar-refractivity contribution in [3.05, 3.63) is 34.7 Å². The molecule has 0 bridgehead atoms. The smallest absolute Gasteiger partial charge is 0.165 e. The summed E-state index contributed by atoms with van der Waals surface area (Å²) < 4.78 is 19.4. The van der Waals surface area contributed by atoms with Crippen molar-refractivity contribution in [3.8, 4) is 17.1 Å². The third-order valence-electron chi connectivity index (χ3n) is 2.70. The Morgan fingerprint density at radius 3 is 2.85 bits per heavy atom. The molecular formula is C14H15BrFN3O. The molecule has 0 aliphatic carbocycles. The highest BCUT2D eigenvalue weighted by atomic mass is 79.9. The lowest BCUT2D eigenvalue weighted by molar-refractivity contribution is 0.386. The first kappa shape index (κ1) is 14.7. The maximum atomic E-state index is 13.7. The highest BCUT2D eigenvalue weighted by molar-refractivity contribution is 9.10. The lowest BCUT2D eigenvalue weighted by atomic mass is 10.2. The van der Waals surface area contributed by atoms with E-state index in [1.807, 2.05) is 0 Å². The number of hydrogen-bond acceptors (Lipinski definition) is 4. The normalized spacial score (nSPS) is 10.4. The first-order valence-corrected chi connectivity index (χ1v) is 7.05. The standard InChI is InChI=1S/C14H15BrFN3O/c1-3-6-17-14-10(15)8-18-13(19-14)9-4-5-12(20-2)11(16)7-9/h4-5,7-8H,3,6H2,1-2H3,(H,17,18,19). The number of hydrogen-bond donors (Lipinski definition) is 1. The van der Waals surface area contributed by atoms with E-state index in [1.165, 1.54) is 13.2 Å². The Balaban J connectivity index is 2.35. The molecule has 20 heavy (non-hydrogen) atoms. The second-order valence-corrected chi connectivity index (χ2v) is 5.02. The van der Waals surface area contributed by atoms with Gasteiger partial charge in [0.2, 0.25) is 0 Å². The zero-order chi connectivity index (χ0) is 14.5. The van der Waals surface area contributed by atoms with Crippen molar-refractivity contribution in [2.24, 2.45) is 0 Å². The molecule has 106 valence electrons. The molecule has 1 aromatic heterocycles. The average molecular weight is 340 g/mol. The van der Waals surface area contributed by atoms with Crippen LogP contribution in [0.4, 0.5) is 10.2 Å². The number of methoxy groups -OCH3 is 1. The molecule has 4 nitrogen and oxygen atoms in total. The van der Waals surface area contributed by atoms with E-state index in [0.29, 0.717) is 17.2 Å². The summed E-state index contributed by atoms with van der Waals surface area (Å²) in [5.41, 5.74) is 0.607. The van der Waals surface area contributed by atoms with Crippen LogP contribution in [0.1, 0.15) is 13.3 Å². The Kier molecular flexibility index (Phi) is 4.89. The molecule has 1 aromatic carbocycles. The molecule has 1 heterocycles. The number of ether oxygens (including phenoxy) is 1. The molecule has 2 rings (SSSR count). The van der Waals surface area contributed by atoms with E-state index in [4.69, 9.17) is 4.74 Å². The highest BCUT2D eigenvalue weighted by Crippen LogP contribution is 2.26. The van der Waals surface area contributed by atoms with E-state index in [-0.39, 0.29) is 5.75 Å². The second-order valence-electron chi connectivity index (χ2n) is 4.17. The van der Waals surface area contributed by atoms with Gasteiger partial charge in [-0.2, -0.15) is 0 Å². The van der Waals surface area contributed by atoms with Crippen LogP contribution in [0.3, 0.4) is 0 Å². The van der Waals surface area contributed by atoms with E-state index >= 15 is 0 Å². The topological polar surface area (TPSA) is 47.0 Å². The van der Waals surface area contributed by atoms with Gasteiger partial charge in [-0.1, -0.05) is 6.92 Å². The largest absolute Gasteiger partial charge is 0.494 e. The fourth-order valence-electron chi connectivity index (χ4n) is 1.68. The van der Waals surface area contributed by atoms with Gasteiger partial charge in [-0.3, -0.25) is 0 Å². The van der Waals surface area contributed by atoms with Crippen LogP contribution in [-0.2, 0) is 0 Å². The minimum Gasteiger partial charge on any atom is -0.494 e. The van der Waals surface area contributed by atoms with Gasteiger partial charge in [0, 0.05) is 18.3 Å². The number of nitrogens with zero attached hydrogens (tertiary/aromatic N) is 2. The van der Waals surface area contributed by atoms with Gasteiger partial charge in [-0.25, -0.2) is 14.4 Å². The fraction of sp³-hybridized carbons (Fsp3) is 0.286. The van der Waals surface area contributed by atoms with Crippen LogP contribution >= 0.6 is 15.9 Å². The van der Waals surface area contributed by atoms with Gasteiger partial charge < -0.3 is 10.1 Å². The van der Waals surface area contributed by atoms with Crippen molar-refractivity contribution in [2.75, 3.05) is 19.0 Å². The third kappa shape index (κ3) is 3.25. The monoisotopic (exact) mass is 339 g/mol. The van der Waals surface area contributed by atoms with Crippen molar-refractivity contribution < 1.29 is 9.13 Å². The van der Waals surface area contributed by atoms with Gasteiger partial charge in [0.25, 0.3) is 0 Å². The Labute approximate surface area is 125 Å². The average Bonchev–Trinajstić information content (AvgIpc) is 2.46. The molecular weight excluding hydrogens is 325 g/mol. The summed E-state index contributed by atoms with van der Waals surface area (Å²) in [7, 11) is 1.43. The number of rotatable bonds is 5. The molecule has 0 saturated heterocycles. The molecule has 1 N–H and O–H groups in total. The van der Waals surface area contributed by atoms with Gasteiger partial charge in [-0.05, 0) is 40.5 Å². The van der Waals surface area contributed by atoms with Crippen molar-refractivity contribution >= 4 is 21.7 Å². The number of benzene rings is 1. The Morgan fingerprint density at radius 2 is 2.20 bits per heavy atom. The van der Waals surface area contributed by atoms with Crippen LogP contribution in [0.5, 0.6) is 5.75 Å². The molecule has 0 aliphatic rings. The van der Waals surface area contributed by atoms with Gasteiger partial charge in [-0.15, -0.1) is 0 Å². The molecule has 0 fully saturated rings. The molecule has 0 saturated carbocycles. The third-order valence-corrected chi connectivity index (χ3v) is 3.28. The molecule has 2 aromatic rings. The van der Waals surface area contributed by atoms with Crippen LogP contribution in [0.15, 0.2) is 28.9 Å². The SMILES string of the molecule is CCCNc1nc(-c2ccc(OC)c(F)c2)ncc1Br. The summed E-state index contributed by atoms with van der Waals surface area (Å²) in [5, 5.41) is 3.19. The number of aromatic nitrogens is 2. The Bertz CT molecular complexity index is 607. The van der Waals surface area contributed by atoms with Gasteiger partial charge >= 0.3 is 0 Å². The van der Waals surface area contributed by atoms with Crippen molar-refractivity contribution in [1.29, 1.82) is 0 Å². The van der Waals surface area contributed by atoms with E-state index < -0.39 is 5.82 Å². The van der Waals surface area contributed by atoms with E-state index in [1.54, 1.807) is 18.3 Å². The summed E-state index contributed by atoms with van der Waals surface area (Å²) in [6.45, 7) is 2.88. The van der Waals surface area contributed by atoms with Crippen LogP contribution in [0.2, 0.25) is 0 Å². The first-order chi connectivity index (χ1) is 9.65. The van der Waals surface area contributed by atoms with Crippen molar-refractivity contribution in [3.63, 3.8) is 0 Å². The van der Waals surface area contributed by atoms with Crippen molar-refractivity contribution in [2.45, 2.75) is 13.3 Å².